The summed E-state index contributed by atoms with van der Waals surface area (Å²) in [5, 5.41) is 2.46. The number of hydrogen-bond acceptors (Lipinski definition) is 3. The van der Waals surface area contributed by atoms with Gasteiger partial charge in [-0.3, -0.25) is 9.59 Å². The number of amides is 1. The van der Waals surface area contributed by atoms with Crippen LogP contribution in [0.3, 0.4) is 0 Å². The molecule has 0 heterocycles. The smallest absolute Gasteiger partial charge is 0.325 e. The van der Waals surface area contributed by atoms with E-state index in [1.807, 2.05) is 0 Å². The number of alkyl halides is 1. The van der Waals surface area contributed by atoms with E-state index in [0.717, 1.165) is 0 Å². The van der Waals surface area contributed by atoms with E-state index in [4.69, 9.17) is 11.6 Å². The third-order valence-corrected chi connectivity index (χ3v) is 2.32. The Morgan fingerprint density at radius 1 is 1.43 bits per heavy atom. The fourth-order valence-electron chi connectivity index (χ4n) is 0.664. The minimum atomic E-state index is -0.659. The predicted octanol–water partition coefficient (Wildman–Crippen LogP) is 0.931. The van der Waals surface area contributed by atoms with Crippen LogP contribution in [-0.4, -0.2) is 30.9 Å². The first-order valence-electron chi connectivity index (χ1n) is 4.44. The van der Waals surface area contributed by atoms with E-state index in [1.54, 1.807) is 20.8 Å². The molecule has 0 aromatic rings. The van der Waals surface area contributed by atoms with Gasteiger partial charge in [0.25, 0.3) is 0 Å². The van der Waals surface area contributed by atoms with Crippen LogP contribution in [0.25, 0.3) is 0 Å². The molecule has 0 aromatic carbocycles. The van der Waals surface area contributed by atoms with Gasteiger partial charge in [-0.2, -0.15) is 0 Å². The first kappa shape index (κ1) is 13.2. The van der Waals surface area contributed by atoms with E-state index in [2.05, 4.69) is 10.1 Å². The molecule has 14 heavy (non-hydrogen) atoms. The van der Waals surface area contributed by atoms with Crippen molar-refractivity contribution in [2.45, 2.75) is 20.8 Å². The molecule has 82 valence electrons. The lowest BCUT2D eigenvalue weighted by Gasteiger charge is -2.19. The second-order valence-corrected chi connectivity index (χ2v) is 3.77. The Morgan fingerprint density at radius 3 is 2.43 bits per heavy atom. The SMILES string of the molecule is CCOC(=O)CNC(=O)C(C)(C)CCl. The van der Waals surface area contributed by atoms with Crippen LogP contribution < -0.4 is 5.32 Å². The highest BCUT2D eigenvalue weighted by Gasteiger charge is 2.26. The van der Waals surface area contributed by atoms with Gasteiger partial charge in [0.1, 0.15) is 6.54 Å². The fraction of sp³-hybridized carbons (Fsp3) is 0.778. The summed E-state index contributed by atoms with van der Waals surface area (Å²) in [4.78, 5) is 22.3. The second kappa shape index (κ2) is 5.86. The van der Waals surface area contributed by atoms with Crippen molar-refractivity contribution in [3.05, 3.63) is 0 Å². The number of carbonyl (C=O) groups is 2. The lowest BCUT2D eigenvalue weighted by Crippen LogP contribution is -2.40. The zero-order valence-electron chi connectivity index (χ0n) is 8.72. The summed E-state index contributed by atoms with van der Waals surface area (Å²) in [7, 11) is 0. The number of rotatable bonds is 5. The summed E-state index contributed by atoms with van der Waals surface area (Å²) >= 11 is 5.59. The maximum atomic E-state index is 11.4. The third kappa shape index (κ3) is 4.46. The third-order valence-electron chi connectivity index (χ3n) is 1.65. The zero-order chi connectivity index (χ0) is 11.2. The van der Waals surface area contributed by atoms with E-state index < -0.39 is 11.4 Å². The summed E-state index contributed by atoms with van der Waals surface area (Å²) in [5.74, 6) is -0.478. The highest BCUT2D eigenvalue weighted by Crippen LogP contribution is 2.16. The van der Waals surface area contributed by atoms with Gasteiger partial charge in [0.15, 0.2) is 0 Å². The van der Waals surface area contributed by atoms with E-state index in [9.17, 15) is 9.59 Å². The van der Waals surface area contributed by atoms with E-state index in [0.29, 0.717) is 6.61 Å². The van der Waals surface area contributed by atoms with Gasteiger partial charge in [-0.25, -0.2) is 0 Å². The predicted molar refractivity (Wildman–Crippen MR) is 54.1 cm³/mol. The maximum Gasteiger partial charge on any atom is 0.325 e. The van der Waals surface area contributed by atoms with Gasteiger partial charge in [-0.1, -0.05) is 0 Å². The maximum absolute atomic E-state index is 11.4. The summed E-state index contributed by atoms with van der Waals surface area (Å²) in [6.45, 7) is 5.34. The van der Waals surface area contributed by atoms with Crippen LogP contribution in [0, 0.1) is 5.41 Å². The van der Waals surface area contributed by atoms with Crippen molar-refractivity contribution in [1.29, 1.82) is 0 Å². The van der Waals surface area contributed by atoms with Crippen molar-refractivity contribution in [1.82, 2.24) is 5.32 Å². The summed E-state index contributed by atoms with van der Waals surface area (Å²) in [6, 6.07) is 0. The van der Waals surface area contributed by atoms with Crippen LogP contribution >= 0.6 is 11.6 Å². The lowest BCUT2D eigenvalue weighted by atomic mass is 9.95. The standard InChI is InChI=1S/C9H16ClNO3/c1-4-14-7(12)5-11-8(13)9(2,3)6-10/h4-6H2,1-3H3,(H,11,13). The van der Waals surface area contributed by atoms with Gasteiger partial charge < -0.3 is 10.1 Å². The molecule has 0 radical (unpaired) electrons. The zero-order valence-corrected chi connectivity index (χ0v) is 9.48. The number of halogens is 1. The molecule has 0 aliphatic rings. The molecule has 0 saturated heterocycles. The van der Waals surface area contributed by atoms with Crippen molar-refractivity contribution in [3.8, 4) is 0 Å². The van der Waals surface area contributed by atoms with E-state index in [-0.39, 0.29) is 18.3 Å². The topological polar surface area (TPSA) is 55.4 Å². The molecule has 5 heteroatoms. The summed E-state index contributed by atoms with van der Waals surface area (Å²) < 4.78 is 4.65. The lowest BCUT2D eigenvalue weighted by molar-refractivity contribution is -0.144. The molecular weight excluding hydrogens is 206 g/mol. The largest absolute Gasteiger partial charge is 0.465 e. The molecule has 0 bridgehead atoms. The quantitative estimate of drug-likeness (QED) is 0.555. The number of hydrogen-bond donors (Lipinski definition) is 1. The molecule has 0 saturated carbocycles. The Hall–Kier alpha value is -0.770. The first-order chi connectivity index (χ1) is 6.44. The second-order valence-electron chi connectivity index (χ2n) is 3.51. The molecular formula is C9H16ClNO3. The van der Waals surface area contributed by atoms with Crippen molar-refractivity contribution < 1.29 is 14.3 Å². The molecule has 0 spiro atoms. The Balaban J connectivity index is 3.91. The van der Waals surface area contributed by atoms with Gasteiger partial charge in [-0.05, 0) is 20.8 Å². The van der Waals surface area contributed by atoms with Crippen LogP contribution in [-0.2, 0) is 14.3 Å². The van der Waals surface area contributed by atoms with Gasteiger partial charge in [0.2, 0.25) is 5.91 Å². The van der Waals surface area contributed by atoms with Crippen LogP contribution in [0.1, 0.15) is 20.8 Å². The molecule has 0 rings (SSSR count). The monoisotopic (exact) mass is 221 g/mol. The highest BCUT2D eigenvalue weighted by molar-refractivity contribution is 6.19. The summed E-state index contributed by atoms with van der Waals surface area (Å²) in [6.07, 6.45) is 0. The Labute approximate surface area is 88.9 Å². The molecule has 4 nitrogen and oxygen atoms in total. The average molecular weight is 222 g/mol. The number of esters is 1. The van der Waals surface area contributed by atoms with Crippen molar-refractivity contribution in [3.63, 3.8) is 0 Å². The Kier molecular flexibility index (Phi) is 5.53. The van der Waals surface area contributed by atoms with Crippen LogP contribution in [0.15, 0.2) is 0 Å². The van der Waals surface area contributed by atoms with E-state index in [1.165, 1.54) is 0 Å². The van der Waals surface area contributed by atoms with Crippen LogP contribution in [0.2, 0.25) is 0 Å². The van der Waals surface area contributed by atoms with Gasteiger partial charge in [0, 0.05) is 5.88 Å². The Bertz CT molecular complexity index is 216. The normalized spacial score (nSPS) is 10.9. The molecule has 0 unspecified atom stereocenters. The Morgan fingerprint density at radius 2 is 2.00 bits per heavy atom. The molecule has 1 amide bonds. The van der Waals surface area contributed by atoms with Crippen LogP contribution in [0.4, 0.5) is 0 Å². The van der Waals surface area contributed by atoms with Crippen molar-refractivity contribution in [2.75, 3.05) is 19.0 Å². The first-order valence-corrected chi connectivity index (χ1v) is 4.97. The molecule has 1 N–H and O–H groups in total. The molecule has 0 aliphatic heterocycles. The number of carbonyl (C=O) groups excluding carboxylic acids is 2. The van der Waals surface area contributed by atoms with Crippen molar-refractivity contribution in [2.24, 2.45) is 5.41 Å². The minimum absolute atomic E-state index is 0.104. The number of nitrogens with one attached hydrogen (secondary N) is 1. The van der Waals surface area contributed by atoms with Gasteiger partial charge in [-0.15, -0.1) is 11.6 Å². The fourth-order valence-corrected chi connectivity index (χ4v) is 0.786. The van der Waals surface area contributed by atoms with Gasteiger partial charge in [0.05, 0.1) is 12.0 Å². The van der Waals surface area contributed by atoms with E-state index >= 15 is 0 Å². The van der Waals surface area contributed by atoms with Crippen molar-refractivity contribution >= 4 is 23.5 Å². The molecule has 0 atom stereocenters. The molecule has 0 aromatic heterocycles. The molecule has 0 aliphatic carbocycles. The van der Waals surface area contributed by atoms with Gasteiger partial charge >= 0.3 is 5.97 Å². The summed E-state index contributed by atoms with van der Waals surface area (Å²) in [5.41, 5.74) is -0.659. The minimum Gasteiger partial charge on any atom is -0.465 e. The van der Waals surface area contributed by atoms with Crippen LogP contribution in [0.5, 0.6) is 0 Å². The molecule has 0 fully saturated rings. The average Bonchev–Trinajstić information content (AvgIpc) is 2.14. The highest BCUT2D eigenvalue weighted by atomic mass is 35.5. The number of ether oxygens (including phenoxy) is 1.